The van der Waals surface area contributed by atoms with E-state index in [4.69, 9.17) is 5.73 Å². The highest BCUT2D eigenvalue weighted by molar-refractivity contribution is 14.0. The third-order valence-electron chi connectivity index (χ3n) is 3.40. The van der Waals surface area contributed by atoms with Crippen LogP contribution in [0.25, 0.3) is 0 Å². The van der Waals surface area contributed by atoms with Gasteiger partial charge in [0.15, 0.2) is 5.96 Å². The van der Waals surface area contributed by atoms with E-state index in [0.29, 0.717) is 11.9 Å². The summed E-state index contributed by atoms with van der Waals surface area (Å²) in [5.41, 5.74) is 5.80. The van der Waals surface area contributed by atoms with E-state index in [2.05, 4.69) is 41.0 Å². The standard InChI is InChI=1S/C14H31N5.HI/c1-13(2)12-17-14(15)16-6-4-8-19-9-5-7-18(3)10-11-19;/h13H,4-12H2,1-3H3,(H3,15,16,17);1H. The van der Waals surface area contributed by atoms with Crippen molar-refractivity contribution in [2.24, 2.45) is 16.6 Å². The van der Waals surface area contributed by atoms with Gasteiger partial charge in [-0.05, 0) is 45.4 Å². The van der Waals surface area contributed by atoms with Gasteiger partial charge >= 0.3 is 0 Å². The Bertz CT molecular complexity index is 270. The number of hydrogen-bond donors (Lipinski definition) is 2. The summed E-state index contributed by atoms with van der Waals surface area (Å²) >= 11 is 0. The normalized spacial score (nSPS) is 18.7. The lowest BCUT2D eigenvalue weighted by atomic mass is 10.2. The van der Waals surface area contributed by atoms with Crippen LogP contribution in [0.3, 0.4) is 0 Å². The van der Waals surface area contributed by atoms with Gasteiger partial charge < -0.3 is 20.9 Å². The minimum Gasteiger partial charge on any atom is -0.370 e. The number of rotatable bonds is 6. The fraction of sp³-hybridized carbons (Fsp3) is 0.929. The van der Waals surface area contributed by atoms with Gasteiger partial charge in [-0.15, -0.1) is 24.0 Å². The summed E-state index contributed by atoms with van der Waals surface area (Å²) in [6.07, 6.45) is 2.41. The lowest BCUT2D eigenvalue weighted by Gasteiger charge is -2.20. The Balaban J connectivity index is 0.00000361. The van der Waals surface area contributed by atoms with Crippen molar-refractivity contribution in [3.8, 4) is 0 Å². The first-order valence-corrected chi connectivity index (χ1v) is 7.52. The van der Waals surface area contributed by atoms with Crippen LogP contribution in [0.5, 0.6) is 0 Å². The molecule has 20 heavy (non-hydrogen) atoms. The summed E-state index contributed by atoms with van der Waals surface area (Å²) in [4.78, 5) is 9.26. The lowest BCUT2D eigenvalue weighted by Crippen LogP contribution is -2.35. The van der Waals surface area contributed by atoms with Gasteiger partial charge in [0, 0.05) is 26.2 Å². The maximum atomic E-state index is 5.80. The van der Waals surface area contributed by atoms with E-state index in [1.54, 1.807) is 0 Å². The Morgan fingerprint density at radius 1 is 1.25 bits per heavy atom. The van der Waals surface area contributed by atoms with E-state index < -0.39 is 0 Å². The average molecular weight is 397 g/mol. The second-order valence-corrected chi connectivity index (χ2v) is 5.90. The maximum absolute atomic E-state index is 5.80. The van der Waals surface area contributed by atoms with E-state index in [1.165, 1.54) is 32.6 Å². The average Bonchev–Trinajstić information content (AvgIpc) is 2.57. The topological polar surface area (TPSA) is 56.9 Å². The van der Waals surface area contributed by atoms with Gasteiger partial charge in [0.25, 0.3) is 0 Å². The number of hydrogen-bond acceptors (Lipinski definition) is 3. The van der Waals surface area contributed by atoms with Gasteiger partial charge in [-0.25, -0.2) is 0 Å². The van der Waals surface area contributed by atoms with Gasteiger partial charge in [-0.2, -0.15) is 0 Å². The highest BCUT2D eigenvalue weighted by Crippen LogP contribution is 2.01. The van der Waals surface area contributed by atoms with Gasteiger partial charge in [0.05, 0.1) is 0 Å². The van der Waals surface area contributed by atoms with E-state index in [0.717, 1.165) is 26.1 Å². The van der Waals surface area contributed by atoms with Crippen LogP contribution in [-0.4, -0.2) is 68.6 Å². The van der Waals surface area contributed by atoms with Crippen molar-refractivity contribution in [1.82, 2.24) is 15.1 Å². The minimum absolute atomic E-state index is 0. The molecule has 1 aliphatic rings. The fourth-order valence-electron chi connectivity index (χ4n) is 2.18. The van der Waals surface area contributed by atoms with E-state index in [-0.39, 0.29) is 24.0 Å². The Morgan fingerprint density at radius 3 is 2.70 bits per heavy atom. The first-order valence-electron chi connectivity index (χ1n) is 7.52. The molecule has 0 amide bonds. The van der Waals surface area contributed by atoms with Gasteiger partial charge in [0.1, 0.15) is 0 Å². The monoisotopic (exact) mass is 397 g/mol. The summed E-state index contributed by atoms with van der Waals surface area (Å²) < 4.78 is 0. The first kappa shape index (κ1) is 19.9. The molecule has 120 valence electrons. The summed E-state index contributed by atoms with van der Waals surface area (Å²) in [5, 5.41) is 3.19. The van der Waals surface area contributed by atoms with Crippen LogP contribution in [0.2, 0.25) is 0 Å². The zero-order chi connectivity index (χ0) is 14.1. The van der Waals surface area contributed by atoms with Crippen molar-refractivity contribution in [2.45, 2.75) is 26.7 Å². The molecule has 1 fully saturated rings. The minimum atomic E-state index is 0. The van der Waals surface area contributed by atoms with Crippen LogP contribution in [0, 0.1) is 5.92 Å². The van der Waals surface area contributed by atoms with E-state index in [9.17, 15) is 0 Å². The van der Waals surface area contributed by atoms with Gasteiger partial charge in [-0.3, -0.25) is 4.99 Å². The van der Waals surface area contributed by atoms with E-state index >= 15 is 0 Å². The largest absolute Gasteiger partial charge is 0.370 e. The van der Waals surface area contributed by atoms with Crippen LogP contribution >= 0.6 is 24.0 Å². The van der Waals surface area contributed by atoms with Crippen molar-refractivity contribution in [3.63, 3.8) is 0 Å². The smallest absolute Gasteiger partial charge is 0.188 e. The summed E-state index contributed by atoms with van der Waals surface area (Å²) in [5.74, 6) is 1.15. The number of aliphatic imine (C=N–C) groups is 1. The molecule has 0 aromatic rings. The molecule has 6 heteroatoms. The molecule has 1 saturated heterocycles. The Hall–Kier alpha value is -0.0800. The third kappa shape index (κ3) is 9.77. The Morgan fingerprint density at radius 2 is 2.00 bits per heavy atom. The number of halogens is 1. The summed E-state index contributed by atoms with van der Waals surface area (Å²) in [6.45, 7) is 12.0. The van der Waals surface area contributed by atoms with Crippen LogP contribution in [0.15, 0.2) is 4.99 Å². The zero-order valence-electron chi connectivity index (χ0n) is 13.3. The highest BCUT2D eigenvalue weighted by Gasteiger charge is 2.10. The lowest BCUT2D eigenvalue weighted by molar-refractivity contribution is 0.274. The van der Waals surface area contributed by atoms with Crippen LogP contribution < -0.4 is 11.1 Å². The zero-order valence-corrected chi connectivity index (χ0v) is 15.6. The molecule has 5 nitrogen and oxygen atoms in total. The molecule has 3 N–H and O–H groups in total. The summed E-state index contributed by atoms with van der Waals surface area (Å²) in [7, 11) is 2.21. The number of nitrogens with two attached hydrogens (primary N) is 1. The van der Waals surface area contributed by atoms with Crippen LogP contribution in [0.4, 0.5) is 0 Å². The number of likely N-dealkylation sites (N-methyl/N-ethyl adjacent to an activating group) is 1. The molecular formula is C14H32IN5. The third-order valence-corrected chi connectivity index (χ3v) is 3.40. The van der Waals surface area contributed by atoms with Gasteiger partial charge in [0.2, 0.25) is 0 Å². The second-order valence-electron chi connectivity index (χ2n) is 5.90. The maximum Gasteiger partial charge on any atom is 0.188 e. The number of nitrogens with one attached hydrogen (secondary N) is 1. The second kappa shape index (κ2) is 11.6. The van der Waals surface area contributed by atoms with Crippen molar-refractivity contribution in [3.05, 3.63) is 0 Å². The van der Waals surface area contributed by atoms with Crippen molar-refractivity contribution >= 4 is 29.9 Å². The summed E-state index contributed by atoms with van der Waals surface area (Å²) in [6, 6.07) is 0. The molecule has 0 spiro atoms. The predicted octanol–water partition coefficient (Wildman–Crippen LogP) is 1.19. The molecule has 0 aromatic carbocycles. The molecule has 0 atom stereocenters. The SMILES string of the molecule is CC(C)CN=C(N)NCCCN1CCCN(C)CC1.I. The molecule has 0 unspecified atom stereocenters. The van der Waals surface area contributed by atoms with Crippen molar-refractivity contribution in [1.29, 1.82) is 0 Å². The van der Waals surface area contributed by atoms with Crippen molar-refractivity contribution < 1.29 is 0 Å². The quantitative estimate of drug-likeness (QED) is 0.306. The van der Waals surface area contributed by atoms with E-state index in [1.807, 2.05) is 0 Å². The predicted molar refractivity (Wildman–Crippen MR) is 97.9 cm³/mol. The highest BCUT2D eigenvalue weighted by atomic mass is 127. The first-order chi connectivity index (χ1) is 9.08. The van der Waals surface area contributed by atoms with Crippen molar-refractivity contribution in [2.75, 3.05) is 52.9 Å². The van der Waals surface area contributed by atoms with Crippen LogP contribution in [-0.2, 0) is 0 Å². The molecule has 0 aliphatic carbocycles. The van der Waals surface area contributed by atoms with Gasteiger partial charge in [-0.1, -0.05) is 13.8 Å². The number of guanidine groups is 1. The molecule has 0 bridgehead atoms. The molecular weight excluding hydrogens is 365 g/mol. The molecule has 0 saturated carbocycles. The number of nitrogens with zero attached hydrogens (tertiary/aromatic N) is 3. The molecule has 1 rings (SSSR count). The Labute approximate surface area is 141 Å². The fourth-order valence-corrected chi connectivity index (χ4v) is 2.18. The molecule has 1 heterocycles. The molecule has 1 aliphatic heterocycles. The Kier molecular flexibility index (Phi) is 11.5. The molecule has 0 radical (unpaired) electrons. The van der Waals surface area contributed by atoms with Crippen LogP contribution in [0.1, 0.15) is 26.7 Å². The molecule has 0 aromatic heterocycles.